The lowest BCUT2D eigenvalue weighted by Crippen LogP contribution is -2.07. The molecule has 3 rings (SSSR count). The fraction of sp³-hybridized carbons (Fsp3) is 0.125. The van der Waals surface area contributed by atoms with E-state index in [0.29, 0.717) is 0 Å². The van der Waals surface area contributed by atoms with Gasteiger partial charge < -0.3 is 4.90 Å². The van der Waals surface area contributed by atoms with Gasteiger partial charge in [0.15, 0.2) is 0 Å². The molecule has 1 nitrogen and oxygen atoms in total. The fourth-order valence-electron chi connectivity index (χ4n) is 2.11. The van der Waals surface area contributed by atoms with Crippen LogP contribution >= 0.6 is 0 Å². The third-order valence-corrected chi connectivity index (χ3v) is 3.09. The Morgan fingerprint density at radius 1 is 0.824 bits per heavy atom. The highest BCUT2D eigenvalue weighted by Crippen LogP contribution is 2.25. The number of benzene rings is 3. The van der Waals surface area contributed by atoms with E-state index in [1.54, 1.807) is 0 Å². The van der Waals surface area contributed by atoms with Gasteiger partial charge in [0.25, 0.3) is 0 Å². The molecular weight excluding hydrogens is 206 g/mol. The first-order chi connectivity index (χ1) is 8.24. The Labute approximate surface area is 101 Å². The molecule has 0 N–H and O–H groups in total. The Balaban J connectivity index is 2.32. The van der Waals surface area contributed by atoms with Gasteiger partial charge in [-0.25, -0.2) is 0 Å². The van der Waals surface area contributed by atoms with Gasteiger partial charge in [0.2, 0.25) is 0 Å². The minimum Gasteiger partial charge on any atom is -0.378 e. The van der Waals surface area contributed by atoms with Crippen molar-refractivity contribution in [1.82, 2.24) is 0 Å². The molecule has 1 heteroatoms. The lowest BCUT2D eigenvalue weighted by atomic mass is 10.0. The number of hydrogen-bond donors (Lipinski definition) is 0. The maximum atomic E-state index is 3.46. The monoisotopic (exact) mass is 220 g/mol. The van der Waals surface area contributed by atoms with Crippen molar-refractivity contribution in [2.45, 2.75) is 0 Å². The summed E-state index contributed by atoms with van der Waals surface area (Å²) in [5.41, 5.74) is 1.22. The lowest BCUT2D eigenvalue weighted by molar-refractivity contribution is 1.14. The first-order valence-corrected chi connectivity index (χ1v) is 5.76. The Morgan fingerprint density at radius 2 is 1.59 bits per heavy atom. The molecule has 0 aliphatic heterocycles. The van der Waals surface area contributed by atoms with Crippen LogP contribution in [0.4, 0.5) is 5.69 Å². The average Bonchev–Trinajstić information content (AvgIpc) is 2.35. The molecule has 0 spiro atoms. The highest BCUT2D eigenvalue weighted by molar-refractivity contribution is 5.98. The number of hydrogen-bond acceptors (Lipinski definition) is 1. The predicted molar refractivity (Wildman–Crippen MR) is 74.6 cm³/mol. The SMILES string of the molecule is CN(C)c1ccc2[c]c3ccccc3cc2c1. The van der Waals surface area contributed by atoms with E-state index in [1.165, 1.54) is 27.2 Å². The molecule has 0 saturated heterocycles. The minimum atomic E-state index is 1.18. The van der Waals surface area contributed by atoms with Crippen LogP contribution in [0.1, 0.15) is 0 Å². The van der Waals surface area contributed by atoms with Crippen molar-refractivity contribution < 1.29 is 0 Å². The Hall–Kier alpha value is -2.02. The lowest BCUT2D eigenvalue weighted by Gasteiger charge is -2.13. The molecule has 0 amide bonds. The predicted octanol–water partition coefficient (Wildman–Crippen LogP) is 3.86. The second kappa shape index (κ2) is 3.77. The van der Waals surface area contributed by atoms with E-state index >= 15 is 0 Å². The fourth-order valence-corrected chi connectivity index (χ4v) is 2.11. The number of fused-ring (bicyclic) bond motifs is 2. The van der Waals surface area contributed by atoms with Crippen LogP contribution in [0, 0.1) is 6.07 Å². The van der Waals surface area contributed by atoms with Crippen LogP contribution in [0.2, 0.25) is 0 Å². The summed E-state index contributed by atoms with van der Waals surface area (Å²) >= 11 is 0. The van der Waals surface area contributed by atoms with Gasteiger partial charge in [-0.15, -0.1) is 0 Å². The van der Waals surface area contributed by atoms with Crippen LogP contribution < -0.4 is 4.90 Å². The standard InChI is InChI=1S/C16H14N/c1-17(2)16-8-7-14-9-12-5-3-4-6-13(12)10-15(14)11-16/h3-8,10-11H,1-2H3. The molecule has 0 aliphatic carbocycles. The highest BCUT2D eigenvalue weighted by atomic mass is 15.1. The molecular formula is C16H14N. The zero-order valence-electron chi connectivity index (χ0n) is 10.1. The summed E-state index contributed by atoms with van der Waals surface area (Å²) in [4.78, 5) is 2.12. The Kier molecular flexibility index (Phi) is 2.25. The van der Waals surface area contributed by atoms with Crippen molar-refractivity contribution in [1.29, 1.82) is 0 Å². The first-order valence-electron chi connectivity index (χ1n) is 5.76. The molecule has 0 unspecified atom stereocenters. The van der Waals surface area contributed by atoms with E-state index in [2.05, 4.69) is 73.6 Å². The van der Waals surface area contributed by atoms with Crippen molar-refractivity contribution in [2.24, 2.45) is 0 Å². The van der Waals surface area contributed by atoms with Gasteiger partial charge in [0.05, 0.1) is 0 Å². The molecule has 0 atom stereocenters. The van der Waals surface area contributed by atoms with Gasteiger partial charge in [-0.3, -0.25) is 0 Å². The van der Waals surface area contributed by atoms with E-state index in [9.17, 15) is 0 Å². The van der Waals surface area contributed by atoms with E-state index in [4.69, 9.17) is 0 Å². The summed E-state index contributed by atoms with van der Waals surface area (Å²) in [6.07, 6.45) is 0. The number of nitrogens with zero attached hydrogens (tertiary/aromatic N) is 1. The van der Waals surface area contributed by atoms with Crippen LogP contribution in [-0.4, -0.2) is 14.1 Å². The molecule has 0 heterocycles. The normalized spacial score (nSPS) is 10.9. The van der Waals surface area contributed by atoms with Gasteiger partial charge in [-0.1, -0.05) is 30.3 Å². The number of rotatable bonds is 1. The van der Waals surface area contributed by atoms with Crippen LogP contribution in [0.3, 0.4) is 0 Å². The molecule has 0 aromatic heterocycles. The van der Waals surface area contributed by atoms with Crippen LogP contribution in [-0.2, 0) is 0 Å². The average molecular weight is 220 g/mol. The smallest absolute Gasteiger partial charge is 0.0367 e. The molecule has 3 aromatic rings. The van der Waals surface area contributed by atoms with Crippen molar-refractivity contribution in [3.8, 4) is 0 Å². The molecule has 0 aliphatic rings. The van der Waals surface area contributed by atoms with Gasteiger partial charge in [0, 0.05) is 19.8 Å². The summed E-state index contributed by atoms with van der Waals surface area (Å²) in [6, 6.07) is 20.5. The van der Waals surface area contributed by atoms with Crippen molar-refractivity contribution in [3.05, 3.63) is 54.6 Å². The second-order valence-electron chi connectivity index (χ2n) is 4.52. The molecule has 83 valence electrons. The topological polar surface area (TPSA) is 3.24 Å². The summed E-state index contributed by atoms with van der Waals surface area (Å²) in [7, 11) is 4.12. The zero-order valence-corrected chi connectivity index (χ0v) is 10.1. The molecule has 0 fully saturated rings. The summed E-state index contributed by atoms with van der Waals surface area (Å²) < 4.78 is 0. The molecule has 17 heavy (non-hydrogen) atoms. The van der Waals surface area contributed by atoms with Crippen molar-refractivity contribution in [3.63, 3.8) is 0 Å². The van der Waals surface area contributed by atoms with Crippen LogP contribution in [0.5, 0.6) is 0 Å². The van der Waals surface area contributed by atoms with E-state index in [0.717, 1.165) is 0 Å². The third kappa shape index (κ3) is 1.74. The zero-order chi connectivity index (χ0) is 11.8. The highest BCUT2D eigenvalue weighted by Gasteiger charge is 2.00. The maximum absolute atomic E-state index is 3.46. The van der Waals surface area contributed by atoms with Gasteiger partial charge in [0.1, 0.15) is 0 Å². The van der Waals surface area contributed by atoms with E-state index in [-0.39, 0.29) is 0 Å². The van der Waals surface area contributed by atoms with Crippen LogP contribution in [0.15, 0.2) is 48.5 Å². The van der Waals surface area contributed by atoms with Crippen molar-refractivity contribution >= 4 is 27.2 Å². The third-order valence-electron chi connectivity index (χ3n) is 3.09. The minimum absolute atomic E-state index is 1.18. The Bertz CT molecular complexity index is 683. The van der Waals surface area contributed by atoms with Crippen molar-refractivity contribution in [2.75, 3.05) is 19.0 Å². The van der Waals surface area contributed by atoms with Gasteiger partial charge in [-0.2, -0.15) is 0 Å². The Morgan fingerprint density at radius 3 is 2.41 bits per heavy atom. The van der Waals surface area contributed by atoms with Gasteiger partial charge in [-0.05, 0) is 45.8 Å². The molecule has 0 saturated carbocycles. The van der Waals surface area contributed by atoms with Gasteiger partial charge >= 0.3 is 0 Å². The largest absolute Gasteiger partial charge is 0.378 e. The quantitative estimate of drug-likeness (QED) is 0.563. The maximum Gasteiger partial charge on any atom is 0.0367 e. The first kappa shape index (κ1) is 10.2. The summed E-state index contributed by atoms with van der Waals surface area (Å²) in [5.74, 6) is 0. The summed E-state index contributed by atoms with van der Waals surface area (Å²) in [6.45, 7) is 0. The molecule has 0 bridgehead atoms. The summed E-state index contributed by atoms with van der Waals surface area (Å²) in [5, 5.41) is 4.85. The molecule has 3 aromatic carbocycles. The van der Waals surface area contributed by atoms with E-state index < -0.39 is 0 Å². The van der Waals surface area contributed by atoms with E-state index in [1.807, 2.05) is 0 Å². The number of anilines is 1. The molecule has 1 radical (unpaired) electrons. The van der Waals surface area contributed by atoms with Crippen LogP contribution in [0.25, 0.3) is 21.5 Å². The second-order valence-corrected chi connectivity index (χ2v) is 4.52.